The first-order valence-electron chi connectivity index (χ1n) is 5.00. The van der Waals surface area contributed by atoms with Crippen molar-refractivity contribution in [3.05, 3.63) is 43.5 Å². The van der Waals surface area contributed by atoms with Crippen LogP contribution in [-0.4, -0.2) is 14.9 Å². The van der Waals surface area contributed by atoms with Gasteiger partial charge in [-0.25, -0.2) is 9.97 Å². The van der Waals surface area contributed by atoms with Crippen molar-refractivity contribution in [2.24, 2.45) is 0 Å². The maximum absolute atomic E-state index is 10.9. The first-order chi connectivity index (χ1) is 8.59. The Labute approximate surface area is 112 Å². The first kappa shape index (κ1) is 12.7. The van der Waals surface area contributed by atoms with Gasteiger partial charge in [0.1, 0.15) is 6.33 Å². The highest BCUT2D eigenvalue weighted by Crippen LogP contribution is 2.28. The Bertz CT molecular complexity index is 587. The van der Waals surface area contributed by atoms with Crippen molar-refractivity contribution < 1.29 is 4.92 Å². The number of hydrogen-bond acceptors (Lipinski definition) is 6. The molecule has 0 bridgehead atoms. The van der Waals surface area contributed by atoms with E-state index in [0.29, 0.717) is 6.54 Å². The number of aromatic nitrogens is 2. The fourth-order valence-corrected chi connectivity index (χ4v) is 2.45. The zero-order valence-corrected chi connectivity index (χ0v) is 11.0. The average Bonchev–Trinajstić information content (AvgIpc) is 2.71. The molecule has 0 unspecified atom stereocenters. The van der Waals surface area contributed by atoms with Gasteiger partial charge < -0.3 is 5.32 Å². The Morgan fingerprint density at radius 1 is 1.50 bits per heavy atom. The molecule has 0 saturated heterocycles. The van der Waals surface area contributed by atoms with Crippen LogP contribution in [-0.2, 0) is 6.54 Å². The highest BCUT2D eigenvalue weighted by molar-refractivity contribution is 7.08. The minimum absolute atomic E-state index is 0.130. The van der Waals surface area contributed by atoms with Crippen molar-refractivity contribution >= 4 is 34.4 Å². The van der Waals surface area contributed by atoms with E-state index in [4.69, 9.17) is 11.6 Å². The number of anilines is 1. The molecular weight excluding hydrogens is 276 g/mol. The van der Waals surface area contributed by atoms with Crippen LogP contribution in [0.25, 0.3) is 0 Å². The summed E-state index contributed by atoms with van der Waals surface area (Å²) < 4.78 is 0. The number of nitrogens with one attached hydrogen (secondary N) is 1. The summed E-state index contributed by atoms with van der Waals surface area (Å²) in [7, 11) is 0. The van der Waals surface area contributed by atoms with Gasteiger partial charge in [-0.2, -0.15) is 11.3 Å². The Hall–Kier alpha value is -1.73. The zero-order chi connectivity index (χ0) is 13.1. The molecule has 0 saturated carbocycles. The third-order valence-corrected chi connectivity index (χ3v) is 3.55. The Morgan fingerprint density at radius 3 is 2.89 bits per heavy atom. The van der Waals surface area contributed by atoms with Gasteiger partial charge in [-0.05, 0) is 28.8 Å². The molecule has 6 nitrogen and oxygen atoms in total. The largest absolute Gasteiger partial charge is 0.360 e. The molecule has 0 aliphatic rings. The SMILES string of the molecule is Cc1cscc1CNc1ncnc(Cl)c1[N+](=O)[O-]. The van der Waals surface area contributed by atoms with Crippen molar-refractivity contribution in [3.8, 4) is 0 Å². The third-order valence-electron chi connectivity index (χ3n) is 2.37. The zero-order valence-electron chi connectivity index (χ0n) is 9.38. The van der Waals surface area contributed by atoms with Gasteiger partial charge in [0.2, 0.25) is 11.0 Å². The molecule has 2 rings (SSSR count). The van der Waals surface area contributed by atoms with Crippen molar-refractivity contribution in [2.45, 2.75) is 13.5 Å². The van der Waals surface area contributed by atoms with E-state index in [0.717, 1.165) is 11.1 Å². The van der Waals surface area contributed by atoms with E-state index in [2.05, 4.69) is 15.3 Å². The topological polar surface area (TPSA) is 81.0 Å². The minimum Gasteiger partial charge on any atom is -0.360 e. The summed E-state index contributed by atoms with van der Waals surface area (Å²) in [6, 6.07) is 0. The lowest BCUT2D eigenvalue weighted by atomic mass is 10.2. The highest BCUT2D eigenvalue weighted by atomic mass is 35.5. The predicted octanol–water partition coefficient (Wildman–Crippen LogP) is 3.02. The van der Waals surface area contributed by atoms with Crippen LogP contribution in [0.3, 0.4) is 0 Å². The van der Waals surface area contributed by atoms with Crippen molar-refractivity contribution in [1.29, 1.82) is 0 Å². The number of hydrogen-bond donors (Lipinski definition) is 1. The van der Waals surface area contributed by atoms with E-state index in [-0.39, 0.29) is 16.7 Å². The van der Waals surface area contributed by atoms with Crippen LogP contribution in [0.15, 0.2) is 17.1 Å². The molecule has 2 heterocycles. The van der Waals surface area contributed by atoms with Crippen LogP contribution in [0.4, 0.5) is 11.5 Å². The quantitative estimate of drug-likeness (QED) is 0.530. The second kappa shape index (κ2) is 5.28. The molecule has 0 atom stereocenters. The van der Waals surface area contributed by atoms with Gasteiger partial charge in [0.25, 0.3) is 0 Å². The van der Waals surface area contributed by atoms with E-state index >= 15 is 0 Å². The summed E-state index contributed by atoms with van der Waals surface area (Å²) in [6.07, 6.45) is 1.19. The first-order valence-corrected chi connectivity index (χ1v) is 6.32. The van der Waals surface area contributed by atoms with Gasteiger partial charge in [0.05, 0.1) is 4.92 Å². The van der Waals surface area contributed by atoms with Crippen LogP contribution >= 0.6 is 22.9 Å². The molecular formula is C10H9ClN4O2S. The Kier molecular flexibility index (Phi) is 3.73. The maximum atomic E-state index is 10.9. The van der Waals surface area contributed by atoms with Crippen molar-refractivity contribution in [1.82, 2.24) is 9.97 Å². The summed E-state index contributed by atoms with van der Waals surface area (Å²) in [5, 5.41) is 17.6. The van der Waals surface area contributed by atoms with Crippen LogP contribution in [0.5, 0.6) is 0 Å². The predicted molar refractivity (Wildman–Crippen MR) is 70.1 cm³/mol. The van der Waals surface area contributed by atoms with E-state index in [1.165, 1.54) is 6.33 Å². The minimum atomic E-state index is -0.592. The lowest BCUT2D eigenvalue weighted by Gasteiger charge is -2.06. The lowest BCUT2D eigenvalue weighted by molar-refractivity contribution is -0.384. The number of thiophene rings is 1. The average molecular weight is 285 g/mol. The molecule has 94 valence electrons. The summed E-state index contributed by atoms with van der Waals surface area (Å²) in [4.78, 5) is 17.7. The summed E-state index contributed by atoms with van der Waals surface area (Å²) in [6.45, 7) is 2.44. The van der Waals surface area contributed by atoms with E-state index in [1.807, 2.05) is 17.7 Å². The van der Waals surface area contributed by atoms with Gasteiger partial charge >= 0.3 is 5.69 Å². The second-order valence-corrected chi connectivity index (χ2v) is 4.65. The third kappa shape index (κ3) is 2.57. The van der Waals surface area contributed by atoms with Gasteiger partial charge in [0.15, 0.2) is 0 Å². The smallest absolute Gasteiger partial charge is 0.348 e. The number of nitrogens with zero attached hydrogens (tertiary/aromatic N) is 3. The van der Waals surface area contributed by atoms with Crippen LogP contribution in [0.1, 0.15) is 11.1 Å². The standard InChI is InChI=1S/C10H9ClN4O2S/c1-6-3-18-4-7(6)2-12-10-8(15(16)17)9(11)13-5-14-10/h3-5H,2H2,1H3,(H,12,13,14). The monoisotopic (exact) mass is 284 g/mol. The number of nitro groups is 1. The fourth-order valence-electron chi connectivity index (χ4n) is 1.40. The molecule has 0 aliphatic heterocycles. The van der Waals surface area contributed by atoms with Crippen molar-refractivity contribution in [2.75, 3.05) is 5.32 Å². The van der Waals surface area contributed by atoms with E-state index < -0.39 is 4.92 Å². The van der Waals surface area contributed by atoms with E-state index in [1.54, 1.807) is 11.3 Å². The van der Waals surface area contributed by atoms with Gasteiger partial charge in [-0.3, -0.25) is 10.1 Å². The number of rotatable bonds is 4. The van der Waals surface area contributed by atoms with Gasteiger partial charge in [-0.1, -0.05) is 11.6 Å². The molecule has 18 heavy (non-hydrogen) atoms. The molecule has 1 N–H and O–H groups in total. The molecule has 0 aliphatic carbocycles. The molecule has 0 spiro atoms. The van der Waals surface area contributed by atoms with Crippen LogP contribution < -0.4 is 5.32 Å². The molecule has 8 heteroatoms. The molecule has 0 aromatic carbocycles. The normalized spacial score (nSPS) is 10.3. The molecule has 0 fully saturated rings. The highest BCUT2D eigenvalue weighted by Gasteiger charge is 2.21. The van der Waals surface area contributed by atoms with Crippen LogP contribution in [0, 0.1) is 17.0 Å². The van der Waals surface area contributed by atoms with Gasteiger partial charge in [0, 0.05) is 6.54 Å². The number of aryl methyl sites for hydroxylation is 1. The van der Waals surface area contributed by atoms with Crippen molar-refractivity contribution in [3.63, 3.8) is 0 Å². The molecule has 2 aromatic rings. The number of halogens is 1. The van der Waals surface area contributed by atoms with Crippen LogP contribution in [0.2, 0.25) is 5.15 Å². The second-order valence-electron chi connectivity index (χ2n) is 3.55. The molecule has 2 aromatic heterocycles. The Balaban J connectivity index is 2.22. The van der Waals surface area contributed by atoms with Gasteiger partial charge in [-0.15, -0.1) is 0 Å². The van der Waals surface area contributed by atoms with E-state index in [9.17, 15) is 10.1 Å². The molecule has 0 radical (unpaired) electrons. The maximum Gasteiger partial charge on any atom is 0.348 e. The summed E-state index contributed by atoms with van der Waals surface area (Å²) in [5.41, 5.74) is 1.91. The summed E-state index contributed by atoms with van der Waals surface area (Å²) >= 11 is 7.27. The summed E-state index contributed by atoms with van der Waals surface area (Å²) in [5.74, 6) is 0.130. The Morgan fingerprint density at radius 2 is 2.28 bits per heavy atom. The molecule has 0 amide bonds. The fraction of sp³-hybridized carbons (Fsp3) is 0.200. The lowest BCUT2D eigenvalue weighted by Crippen LogP contribution is -2.06.